The first-order valence-electron chi connectivity index (χ1n) is 10.6. The summed E-state index contributed by atoms with van der Waals surface area (Å²) >= 11 is 0. The molecule has 5 heteroatoms. The number of carbonyl (C=O) groups excluding carboxylic acids is 1. The van der Waals surface area contributed by atoms with Crippen molar-refractivity contribution in [1.82, 2.24) is 4.90 Å². The molecule has 1 atom stereocenters. The topological polar surface area (TPSA) is 44.8 Å². The number of carbonyl (C=O) groups is 1. The summed E-state index contributed by atoms with van der Waals surface area (Å²) in [5.74, 6) is 0.874. The Hall–Kier alpha value is -2.53. The van der Waals surface area contributed by atoms with Crippen LogP contribution in [0.3, 0.4) is 0 Å². The highest BCUT2D eigenvalue weighted by Gasteiger charge is 2.25. The smallest absolute Gasteiger partial charge is 0.238 e. The number of benzene rings is 2. The van der Waals surface area contributed by atoms with E-state index in [1.807, 2.05) is 24.3 Å². The molecule has 0 radical (unpaired) electrons. The van der Waals surface area contributed by atoms with Crippen LogP contribution in [0.25, 0.3) is 0 Å². The standard InChI is InChI=1S/C24H33N3O2/c1-4-5-15-29-23-11-9-21(10-12-23)25-24(28)18-26-13-14-27(20(3)17-26)22-8-6-7-19(2)16-22/h6-12,16,20H,4-5,13-15,17-18H2,1-3H3,(H,25,28). The number of nitrogens with one attached hydrogen (secondary N) is 1. The van der Waals surface area contributed by atoms with Crippen LogP contribution in [-0.2, 0) is 4.79 Å². The third-order valence-corrected chi connectivity index (χ3v) is 5.32. The van der Waals surface area contributed by atoms with Crippen molar-refractivity contribution in [3.8, 4) is 5.75 Å². The summed E-state index contributed by atoms with van der Waals surface area (Å²) in [5.41, 5.74) is 3.35. The van der Waals surface area contributed by atoms with Crippen LogP contribution < -0.4 is 15.0 Å². The fraction of sp³-hybridized carbons (Fsp3) is 0.458. The van der Waals surface area contributed by atoms with Gasteiger partial charge in [0.25, 0.3) is 0 Å². The second kappa shape index (κ2) is 10.3. The van der Waals surface area contributed by atoms with Crippen molar-refractivity contribution in [3.63, 3.8) is 0 Å². The monoisotopic (exact) mass is 395 g/mol. The molecule has 2 aromatic rings. The minimum absolute atomic E-state index is 0.0286. The Labute approximate surface area is 174 Å². The van der Waals surface area contributed by atoms with Crippen LogP contribution in [0.15, 0.2) is 48.5 Å². The lowest BCUT2D eigenvalue weighted by Crippen LogP contribution is -2.53. The van der Waals surface area contributed by atoms with Crippen molar-refractivity contribution in [2.45, 2.75) is 39.7 Å². The predicted molar refractivity (Wildman–Crippen MR) is 120 cm³/mol. The molecule has 1 aliphatic rings. The van der Waals surface area contributed by atoms with E-state index < -0.39 is 0 Å². The van der Waals surface area contributed by atoms with Crippen molar-refractivity contribution < 1.29 is 9.53 Å². The lowest BCUT2D eigenvalue weighted by atomic mass is 10.1. The van der Waals surface area contributed by atoms with Gasteiger partial charge >= 0.3 is 0 Å². The van der Waals surface area contributed by atoms with Crippen molar-refractivity contribution in [2.75, 3.05) is 43.0 Å². The minimum Gasteiger partial charge on any atom is -0.494 e. The molecule has 2 aromatic carbocycles. The number of piperazine rings is 1. The van der Waals surface area contributed by atoms with Crippen LogP contribution in [0.5, 0.6) is 5.75 Å². The Bertz CT molecular complexity index is 791. The van der Waals surface area contributed by atoms with Gasteiger partial charge in [0, 0.05) is 37.1 Å². The molecule has 156 valence electrons. The summed E-state index contributed by atoms with van der Waals surface area (Å²) in [6, 6.07) is 16.6. The third kappa shape index (κ3) is 6.23. The number of anilines is 2. The van der Waals surface area contributed by atoms with E-state index in [-0.39, 0.29) is 5.91 Å². The summed E-state index contributed by atoms with van der Waals surface area (Å²) < 4.78 is 5.67. The Morgan fingerprint density at radius 2 is 1.97 bits per heavy atom. The summed E-state index contributed by atoms with van der Waals surface area (Å²) in [4.78, 5) is 17.1. The zero-order chi connectivity index (χ0) is 20.6. The summed E-state index contributed by atoms with van der Waals surface area (Å²) in [5, 5.41) is 3.00. The average molecular weight is 396 g/mol. The molecule has 3 rings (SSSR count). The number of rotatable bonds is 8. The van der Waals surface area contributed by atoms with Crippen LogP contribution >= 0.6 is 0 Å². The fourth-order valence-corrected chi connectivity index (χ4v) is 3.74. The van der Waals surface area contributed by atoms with Gasteiger partial charge < -0.3 is 15.0 Å². The SMILES string of the molecule is CCCCOc1ccc(NC(=O)CN2CCN(c3cccc(C)c3)C(C)C2)cc1. The zero-order valence-electron chi connectivity index (χ0n) is 17.9. The maximum Gasteiger partial charge on any atom is 0.238 e. The number of amides is 1. The van der Waals surface area contributed by atoms with Gasteiger partial charge in [-0.2, -0.15) is 0 Å². The molecule has 0 bridgehead atoms. The van der Waals surface area contributed by atoms with Gasteiger partial charge in [0.1, 0.15) is 5.75 Å². The lowest BCUT2D eigenvalue weighted by Gasteiger charge is -2.41. The fourth-order valence-electron chi connectivity index (χ4n) is 3.74. The summed E-state index contributed by atoms with van der Waals surface area (Å²) in [6.07, 6.45) is 2.17. The van der Waals surface area contributed by atoms with E-state index in [1.165, 1.54) is 11.3 Å². The first kappa shape index (κ1) is 21.2. The van der Waals surface area contributed by atoms with Crippen molar-refractivity contribution in [3.05, 3.63) is 54.1 Å². The molecule has 1 unspecified atom stereocenters. The Balaban J connectivity index is 1.46. The van der Waals surface area contributed by atoms with Gasteiger partial charge in [-0.25, -0.2) is 0 Å². The molecule has 0 spiro atoms. The van der Waals surface area contributed by atoms with Crippen molar-refractivity contribution >= 4 is 17.3 Å². The molecular weight excluding hydrogens is 362 g/mol. The molecule has 0 aromatic heterocycles. The highest BCUT2D eigenvalue weighted by atomic mass is 16.5. The number of aryl methyl sites for hydroxylation is 1. The Kier molecular flexibility index (Phi) is 7.53. The van der Waals surface area contributed by atoms with Crippen LogP contribution in [0.2, 0.25) is 0 Å². The van der Waals surface area contributed by atoms with Gasteiger partial charge in [-0.1, -0.05) is 25.5 Å². The zero-order valence-corrected chi connectivity index (χ0v) is 17.9. The predicted octanol–water partition coefficient (Wildman–Crippen LogP) is 4.32. The van der Waals surface area contributed by atoms with E-state index >= 15 is 0 Å². The van der Waals surface area contributed by atoms with E-state index in [4.69, 9.17) is 4.74 Å². The molecule has 1 aliphatic heterocycles. The number of nitrogens with zero attached hydrogens (tertiary/aromatic N) is 2. The quantitative estimate of drug-likeness (QED) is 0.676. The highest BCUT2D eigenvalue weighted by molar-refractivity contribution is 5.92. The van der Waals surface area contributed by atoms with Crippen molar-refractivity contribution in [2.24, 2.45) is 0 Å². The van der Waals surface area contributed by atoms with Crippen LogP contribution in [-0.4, -0.2) is 49.6 Å². The molecule has 1 saturated heterocycles. The Morgan fingerprint density at radius 3 is 2.66 bits per heavy atom. The molecule has 1 fully saturated rings. The molecule has 1 amide bonds. The normalized spacial score (nSPS) is 17.2. The first-order valence-corrected chi connectivity index (χ1v) is 10.6. The number of hydrogen-bond donors (Lipinski definition) is 1. The molecule has 0 saturated carbocycles. The van der Waals surface area contributed by atoms with E-state index in [0.717, 1.165) is 50.5 Å². The maximum atomic E-state index is 12.5. The molecule has 1 N–H and O–H groups in total. The highest BCUT2D eigenvalue weighted by Crippen LogP contribution is 2.22. The second-order valence-electron chi connectivity index (χ2n) is 7.89. The molecule has 29 heavy (non-hydrogen) atoms. The van der Waals surface area contributed by atoms with Gasteiger partial charge in [-0.15, -0.1) is 0 Å². The van der Waals surface area contributed by atoms with Gasteiger partial charge in [0.15, 0.2) is 0 Å². The van der Waals surface area contributed by atoms with Crippen LogP contribution in [0, 0.1) is 6.92 Å². The summed E-state index contributed by atoms with van der Waals surface area (Å²) in [7, 11) is 0. The van der Waals surface area contributed by atoms with E-state index in [2.05, 4.69) is 60.2 Å². The third-order valence-electron chi connectivity index (χ3n) is 5.32. The number of hydrogen-bond acceptors (Lipinski definition) is 4. The number of ether oxygens (including phenoxy) is 1. The first-order chi connectivity index (χ1) is 14.0. The van der Waals surface area contributed by atoms with Gasteiger partial charge in [-0.3, -0.25) is 9.69 Å². The largest absolute Gasteiger partial charge is 0.494 e. The molecule has 1 heterocycles. The minimum atomic E-state index is 0.0286. The van der Waals surface area contributed by atoms with E-state index in [9.17, 15) is 4.79 Å². The van der Waals surface area contributed by atoms with Crippen LogP contribution in [0.4, 0.5) is 11.4 Å². The molecular formula is C24H33N3O2. The lowest BCUT2D eigenvalue weighted by molar-refractivity contribution is -0.117. The van der Waals surface area contributed by atoms with Crippen molar-refractivity contribution in [1.29, 1.82) is 0 Å². The molecule has 0 aliphatic carbocycles. The Morgan fingerprint density at radius 1 is 1.17 bits per heavy atom. The van der Waals surface area contributed by atoms with E-state index in [1.54, 1.807) is 0 Å². The van der Waals surface area contributed by atoms with E-state index in [0.29, 0.717) is 12.6 Å². The number of unbranched alkanes of at least 4 members (excludes halogenated alkanes) is 1. The summed E-state index contributed by atoms with van der Waals surface area (Å²) in [6.45, 7) is 10.3. The van der Waals surface area contributed by atoms with Gasteiger partial charge in [-0.05, 0) is 62.2 Å². The average Bonchev–Trinajstić information content (AvgIpc) is 2.69. The van der Waals surface area contributed by atoms with Gasteiger partial charge in [0.2, 0.25) is 5.91 Å². The second-order valence-corrected chi connectivity index (χ2v) is 7.89. The maximum absolute atomic E-state index is 12.5. The van der Waals surface area contributed by atoms with Gasteiger partial charge in [0.05, 0.1) is 13.2 Å². The molecule has 5 nitrogen and oxygen atoms in total. The van der Waals surface area contributed by atoms with Crippen LogP contribution in [0.1, 0.15) is 32.3 Å².